The molecule has 0 radical (unpaired) electrons. The molecule has 0 saturated heterocycles. The molecule has 0 aromatic carbocycles. The van der Waals surface area contributed by atoms with E-state index in [1.54, 1.807) is 0 Å². The second kappa shape index (κ2) is 6.14. The van der Waals surface area contributed by atoms with Crippen molar-refractivity contribution in [1.29, 1.82) is 0 Å². The van der Waals surface area contributed by atoms with E-state index in [-0.39, 0.29) is 5.34 Å². The molecule has 0 atom stereocenters. The van der Waals surface area contributed by atoms with Crippen LogP contribution in [0.2, 0.25) is 0 Å². The predicted octanol–water partition coefficient (Wildman–Crippen LogP) is 3.44. The third kappa shape index (κ3) is 245. The first-order valence-corrected chi connectivity index (χ1v) is 3.12. The lowest BCUT2D eigenvalue weighted by molar-refractivity contribution is 0.194. The zero-order valence-corrected chi connectivity index (χ0v) is 6.50. The molecular formula is C2H2Cl4F2. The van der Waals surface area contributed by atoms with Crippen molar-refractivity contribution in [3.8, 4) is 0 Å². The summed E-state index contributed by atoms with van der Waals surface area (Å²) in [6.45, 7) is 0. The summed E-state index contributed by atoms with van der Waals surface area (Å²) in [4.78, 5) is -3.56. The fourth-order valence-electron chi connectivity index (χ4n) is 0. The van der Waals surface area contributed by atoms with E-state index >= 15 is 0 Å². The first-order chi connectivity index (χ1) is 3.41. The summed E-state index contributed by atoms with van der Waals surface area (Å²) in [5.41, 5.74) is 0. The Morgan fingerprint density at radius 1 is 1.12 bits per heavy atom. The number of rotatable bonds is 0. The van der Waals surface area contributed by atoms with Gasteiger partial charge in [0.15, 0.2) is 0 Å². The highest BCUT2D eigenvalue weighted by atomic mass is 35.5. The van der Waals surface area contributed by atoms with E-state index in [0.29, 0.717) is 0 Å². The zero-order chi connectivity index (χ0) is 7.21. The smallest absolute Gasteiger partial charge is 0.172 e. The Hall–Kier alpha value is 1.02. The molecule has 0 aliphatic carbocycles. The van der Waals surface area contributed by atoms with E-state index in [2.05, 4.69) is 23.2 Å². The molecule has 0 spiro atoms. The Kier molecular flexibility index (Phi) is 9.04. The van der Waals surface area contributed by atoms with Gasteiger partial charge in [-0.25, -0.2) is 0 Å². The highest BCUT2D eigenvalue weighted by Gasteiger charge is 2.17. The lowest BCUT2D eigenvalue weighted by Gasteiger charge is -1.87. The van der Waals surface area contributed by atoms with Crippen LogP contribution in [0.25, 0.3) is 0 Å². The summed E-state index contributed by atoms with van der Waals surface area (Å²) in [6, 6.07) is 0. The molecule has 0 nitrogen and oxygen atoms in total. The van der Waals surface area contributed by atoms with Crippen molar-refractivity contribution in [3.05, 3.63) is 0 Å². The molecule has 0 aliphatic heterocycles. The van der Waals surface area contributed by atoms with E-state index < -0.39 is 4.84 Å². The van der Waals surface area contributed by atoms with Crippen molar-refractivity contribution in [2.75, 3.05) is 5.34 Å². The average Bonchev–Trinajstić information content (AvgIpc) is 1.27. The average molecular weight is 206 g/mol. The van der Waals surface area contributed by atoms with Crippen molar-refractivity contribution >= 4 is 46.4 Å². The van der Waals surface area contributed by atoms with Gasteiger partial charge in [0, 0.05) is 0 Å². The SMILES string of the molecule is ClCCl.FC(F)(Cl)Cl. The second-order valence-corrected chi connectivity index (χ2v) is 2.48. The minimum Gasteiger partial charge on any atom is -0.172 e. The van der Waals surface area contributed by atoms with Gasteiger partial charge in [-0.05, 0) is 23.2 Å². The van der Waals surface area contributed by atoms with Crippen LogP contribution in [-0.2, 0) is 0 Å². The summed E-state index contributed by atoms with van der Waals surface area (Å²) in [6.07, 6.45) is 0. The molecular weight excluding hydrogens is 204 g/mol. The van der Waals surface area contributed by atoms with Crippen molar-refractivity contribution in [2.45, 2.75) is 4.84 Å². The predicted molar refractivity (Wildman–Crippen MR) is 33.2 cm³/mol. The number of alkyl halides is 6. The molecule has 0 aliphatic rings. The molecule has 0 saturated carbocycles. The first-order valence-electron chi connectivity index (χ1n) is 1.29. The quantitative estimate of drug-likeness (QED) is 0.532. The van der Waals surface area contributed by atoms with E-state index in [9.17, 15) is 8.78 Å². The normalized spacial score (nSPS) is 9.75. The molecule has 0 unspecified atom stereocenters. The van der Waals surface area contributed by atoms with Gasteiger partial charge in [-0.3, -0.25) is 0 Å². The fraction of sp³-hybridized carbons (Fsp3) is 1.00. The molecule has 0 rings (SSSR count). The van der Waals surface area contributed by atoms with Gasteiger partial charge in [-0.2, -0.15) is 8.78 Å². The minimum atomic E-state index is -3.56. The van der Waals surface area contributed by atoms with Gasteiger partial charge in [-0.1, -0.05) is 0 Å². The Bertz CT molecular complexity index is 35.8. The lowest BCUT2D eigenvalue weighted by atomic mass is 11.7. The molecule has 0 fully saturated rings. The second-order valence-electron chi connectivity index (χ2n) is 0.530. The number of halogens is 6. The lowest BCUT2D eigenvalue weighted by Crippen LogP contribution is -1.86. The molecule has 0 aromatic heterocycles. The number of hydrogen-bond donors (Lipinski definition) is 0. The molecule has 0 N–H and O–H groups in total. The summed E-state index contributed by atoms with van der Waals surface area (Å²) >= 11 is 17.5. The van der Waals surface area contributed by atoms with E-state index in [1.165, 1.54) is 0 Å². The fourth-order valence-corrected chi connectivity index (χ4v) is 0. The van der Waals surface area contributed by atoms with Crippen LogP contribution < -0.4 is 0 Å². The van der Waals surface area contributed by atoms with Crippen molar-refractivity contribution < 1.29 is 8.78 Å². The van der Waals surface area contributed by atoms with E-state index in [4.69, 9.17) is 23.2 Å². The van der Waals surface area contributed by atoms with Gasteiger partial charge >= 0.3 is 4.84 Å². The van der Waals surface area contributed by atoms with Gasteiger partial charge in [0.1, 0.15) is 0 Å². The van der Waals surface area contributed by atoms with Crippen LogP contribution in [0.4, 0.5) is 8.78 Å². The van der Waals surface area contributed by atoms with E-state index in [0.717, 1.165) is 0 Å². The summed E-state index contributed by atoms with van der Waals surface area (Å²) in [7, 11) is 0. The van der Waals surface area contributed by atoms with Crippen LogP contribution in [0.15, 0.2) is 0 Å². The molecule has 0 bridgehead atoms. The Labute approximate surface area is 65.7 Å². The summed E-state index contributed by atoms with van der Waals surface area (Å²) in [5, 5.41) is 0.194. The zero-order valence-electron chi connectivity index (χ0n) is 3.47. The largest absolute Gasteiger partial charge is 0.401 e. The highest BCUT2D eigenvalue weighted by Crippen LogP contribution is 2.22. The van der Waals surface area contributed by atoms with E-state index in [1.807, 2.05) is 0 Å². The van der Waals surface area contributed by atoms with Crippen LogP contribution in [0, 0.1) is 0 Å². The van der Waals surface area contributed by atoms with Crippen molar-refractivity contribution in [2.24, 2.45) is 0 Å². The molecule has 6 heteroatoms. The molecule has 52 valence electrons. The van der Waals surface area contributed by atoms with Crippen LogP contribution in [0.5, 0.6) is 0 Å². The summed E-state index contributed by atoms with van der Waals surface area (Å²) in [5.74, 6) is 0. The van der Waals surface area contributed by atoms with Crippen LogP contribution in [0.3, 0.4) is 0 Å². The van der Waals surface area contributed by atoms with Gasteiger partial charge in [0.25, 0.3) is 0 Å². The van der Waals surface area contributed by atoms with Gasteiger partial charge in [0.05, 0.1) is 5.34 Å². The first kappa shape index (κ1) is 11.8. The molecule has 0 heterocycles. The molecule has 8 heavy (non-hydrogen) atoms. The third-order valence-corrected chi connectivity index (χ3v) is 0. The van der Waals surface area contributed by atoms with Crippen molar-refractivity contribution in [3.63, 3.8) is 0 Å². The van der Waals surface area contributed by atoms with Crippen LogP contribution in [-0.4, -0.2) is 10.2 Å². The summed E-state index contributed by atoms with van der Waals surface area (Å²) < 4.78 is 21.1. The monoisotopic (exact) mass is 204 g/mol. The molecule has 0 amide bonds. The van der Waals surface area contributed by atoms with Crippen LogP contribution >= 0.6 is 46.4 Å². The standard InChI is InChI=1S/CCl2F2.CH2Cl2/c2-1(3,4)5;2-1-3/h;1H2. The number of hydrogen-bond acceptors (Lipinski definition) is 0. The third-order valence-electron chi connectivity index (χ3n) is 0. The van der Waals surface area contributed by atoms with Gasteiger partial charge < -0.3 is 0 Å². The van der Waals surface area contributed by atoms with Crippen molar-refractivity contribution in [1.82, 2.24) is 0 Å². The van der Waals surface area contributed by atoms with Gasteiger partial charge in [-0.15, -0.1) is 23.2 Å². The topological polar surface area (TPSA) is 0 Å². The Balaban J connectivity index is 0. The highest BCUT2D eigenvalue weighted by molar-refractivity contribution is 6.45. The maximum absolute atomic E-state index is 10.6. The maximum Gasteiger partial charge on any atom is 0.401 e. The minimum absolute atomic E-state index is 0.194. The Morgan fingerprint density at radius 2 is 1.12 bits per heavy atom. The van der Waals surface area contributed by atoms with Gasteiger partial charge in [0.2, 0.25) is 0 Å². The molecule has 0 aromatic rings. The maximum atomic E-state index is 10.6. The van der Waals surface area contributed by atoms with Crippen LogP contribution in [0.1, 0.15) is 0 Å². The Morgan fingerprint density at radius 3 is 1.12 bits per heavy atom.